The third kappa shape index (κ3) is 1.88. The van der Waals surface area contributed by atoms with E-state index >= 15 is 0 Å². The number of hydrogen-bond acceptors (Lipinski definition) is 5. The molecule has 0 N–H and O–H groups in total. The van der Waals surface area contributed by atoms with Gasteiger partial charge in [-0.1, -0.05) is 4.49 Å². The van der Waals surface area contributed by atoms with Crippen LogP contribution in [0.25, 0.3) is 0 Å². The summed E-state index contributed by atoms with van der Waals surface area (Å²) in [4.78, 5) is 13.5. The Kier molecular flexibility index (Phi) is 2.81. The molecular weight excluding hydrogens is 200 g/mol. The molecule has 1 amide bonds. The van der Waals surface area contributed by atoms with Crippen LogP contribution in [-0.4, -0.2) is 33.0 Å². The molecule has 0 saturated carbocycles. The number of carbonyl (C=O) groups is 1. The van der Waals surface area contributed by atoms with Crippen LogP contribution in [0.3, 0.4) is 0 Å². The van der Waals surface area contributed by atoms with Crippen LogP contribution in [0.4, 0.5) is 0 Å². The van der Waals surface area contributed by atoms with Crippen LogP contribution in [0, 0.1) is 11.3 Å². The smallest absolute Gasteiger partial charge is 0.268 e. The number of nitriles is 1. The molecular formula is C8H10N4OS. The maximum Gasteiger partial charge on any atom is 0.268 e. The van der Waals surface area contributed by atoms with Crippen molar-refractivity contribution < 1.29 is 4.79 Å². The summed E-state index contributed by atoms with van der Waals surface area (Å²) < 4.78 is 3.59. The van der Waals surface area contributed by atoms with Gasteiger partial charge in [-0.05, 0) is 25.4 Å². The minimum Gasteiger partial charge on any atom is -0.323 e. The molecule has 0 unspecified atom stereocenters. The molecule has 0 spiro atoms. The molecule has 0 aliphatic heterocycles. The summed E-state index contributed by atoms with van der Waals surface area (Å²) in [5.41, 5.74) is -0.818. The van der Waals surface area contributed by atoms with Crippen molar-refractivity contribution in [2.45, 2.75) is 19.4 Å². The average Bonchev–Trinajstić information content (AvgIpc) is 2.68. The van der Waals surface area contributed by atoms with Gasteiger partial charge >= 0.3 is 0 Å². The lowest BCUT2D eigenvalue weighted by Gasteiger charge is -2.28. The van der Waals surface area contributed by atoms with Crippen LogP contribution in [-0.2, 0) is 0 Å². The van der Waals surface area contributed by atoms with E-state index in [1.165, 1.54) is 11.1 Å². The third-order valence-electron chi connectivity index (χ3n) is 1.99. The minimum atomic E-state index is -0.818. The van der Waals surface area contributed by atoms with E-state index in [-0.39, 0.29) is 5.91 Å². The molecule has 1 rings (SSSR count). The Hall–Kier alpha value is -1.48. The van der Waals surface area contributed by atoms with Gasteiger partial charge in [0.05, 0.1) is 12.3 Å². The summed E-state index contributed by atoms with van der Waals surface area (Å²) in [7, 11) is 1.59. The molecule has 1 aromatic rings. The van der Waals surface area contributed by atoms with Crippen molar-refractivity contribution in [2.75, 3.05) is 7.05 Å². The topological polar surface area (TPSA) is 69.9 Å². The molecule has 0 fully saturated rings. The molecule has 6 heteroatoms. The number of amides is 1. The Morgan fingerprint density at radius 1 is 1.71 bits per heavy atom. The van der Waals surface area contributed by atoms with E-state index in [0.717, 1.165) is 11.5 Å². The van der Waals surface area contributed by atoms with E-state index in [2.05, 4.69) is 15.7 Å². The predicted octanol–water partition coefficient (Wildman–Crippen LogP) is 0.912. The molecule has 0 atom stereocenters. The third-order valence-corrected chi connectivity index (χ3v) is 2.64. The van der Waals surface area contributed by atoms with Crippen molar-refractivity contribution >= 4 is 17.4 Å². The zero-order valence-corrected chi connectivity index (χ0v) is 9.00. The Labute approximate surface area is 86.1 Å². The Balaban J connectivity index is 2.88. The number of carbonyl (C=O) groups excluding carboxylic acids is 1. The first-order chi connectivity index (χ1) is 6.49. The first kappa shape index (κ1) is 10.6. The normalized spacial score (nSPS) is 10.7. The van der Waals surface area contributed by atoms with Gasteiger partial charge in [-0.3, -0.25) is 4.79 Å². The molecule has 74 valence electrons. The van der Waals surface area contributed by atoms with Crippen molar-refractivity contribution in [3.8, 4) is 6.07 Å². The molecule has 0 radical (unpaired) electrons. The second kappa shape index (κ2) is 3.72. The monoisotopic (exact) mass is 210 g/mol. The van der Waals surface area contributed by atoms with Crippen molar-refractivity contribution in [3.63, 3.8) is 0 Å². The van der Waals surface area contributed by atoms with Gasteiger partial charge < -0.3 is 4.90 Å². The van der Waals surface area contributed by atoms with Crippen molar-refractivity contribution in [3.05, 3.63) is 11.1 Å². The zero-order chi connectivity index (χ0) is 10.8. The minimum absolute atomic E-state index is 0.230. The van der Waals surface area contributed by atoms with Gasteiger partial charge in [0, 0.05) is 7.05 Å². The highest BCUT2D eigenvalue weighted by atomic mass is 32.1. The zero-order valence-electron chi connectivity index (χ0n) is 8.18. The summed E-state index contributed by atoms with van der Waals surface area (Å²) in [6.45, 7) is 3.36. The van der Waals surface area contributed by atoms with E-state index in [4.69, 9.17) is 5.26 Å². The predicted molar refractivity (Wildman–Crippen MR) is 51.7 cm³/mol. The molecule has 14 heavy (non-hydrogen) atoms. The van der Waals surface area contributed by atoms with Crippen LogP contribution in [0.1, 0.15) is 23.5 Å². The van der Waals surface area contributed by atoms with Crippen LogP contribution in [0.2, 0.25) is 0 Å². The largest absolute Gasteiger partial charge is 0.323 e. The lowest BCUT2D eigenvalue weighted by atomic mass is 10.1. The first-order valence-corrected chi connectivity index (χ1v) is 4.73. The molecule has 5 nitrogen and oxygen atoms in total. The summed E-state index contributed by atoms with van der Waals surface area (Å²) in [5, 5.41) is 12.4. The molecule has 1 aromatic heterocycles. The summed E-state index contributed by atoms with van der Waals surface area (Å²) >= 11 is 1.02. The fraction of sp³-hybridized carbons (Fsp3) is 0.500. The standard InChI is InChI=1S/C8H10N4OS/c1-8(2,5-9)12(3)7(13)6-4-10-11-14-6/h4H,1-3H3. The average molecular weight is 210 g/mol. The summed E-state index contributed by atoms with van der Waals surface area (Å²) in [6.07, 6.45) is 1.40. The highest BCUT2D eigenvalue weighted by Crippen LogP contribution is 2.15. The first-order valence-electron chi connectivity index (χ1n) is 3.96. The molecule has 0 aromatic carbocycles. The van der Waals surface area contributed by atoms with Gasteiger partial charge in [-0.2, -0.15) is 5.26 Å². The van der Waals surface area contributed by atoms with Crippen LogP contribution in [0.15, 0.2) is 6.20 Å². The van der Waals surface area contributed by atoms with Crippen LogP contribution < -0.4 is 0 Å². The maximum atomic E-state index is 11.7. The van der Waals surface area contributed by atoms with Gasteiger partial charge in [0.1, 0.15) is 10.4 Å². The second-order valence-corrected chi connectivity index (χ2v) is 4.10. The second-order valence-electron chi connectivity index (χ2n) is 3.32. The SMILES string of the molecule is CN(C(=O)c1cnns1)C(C)(C)C#N. The fourth-order valence-corrected chi connectivity index (χ4v) is 1.25. The Morgan fingerprint density at radius 3 is 2.79 bits per heavy atom. The van der Waals surface area contributed by atoms with Gasteiger partial charge in [0.2, 0.25) is 0 Å². The maximum absolute atomic E-state index is 11.7. The number of hydrogen-bond donors (Lipinski definition) is 0. The quantitative estimate of drug-likeness (QED) is 0.727. The fourth-order valence-electron chi connectivity index (χ4n) is 0.756. The number of rotatable bonds is 2. The Morgan fingerprint density at radius 2 is 2.36 bits per heavy atom. The molecule has 0 aliphatic rings. The van der Waals surface area contributed by atoms with Crippen molar-refractivity contribution in [1.82, 2.24) is 14.5 Å². The van der Waals surface area contributed by atoms with E-state index in [1.54, 1.807) is 20.9 Å². The number of nitrogens with zero attached hydrogens (tertiary/aromatic N) is 4. The summed E-state index contributed by atoms with van der Waals surface area (Å²) in [5.74, 6) is -0.230. The highest BCUT2D eigenvalue weighted by Gasteiger charge is 2.28. The Bertz CT molecular complexity index is 365. The van der Waals surface area contributed by atoms with Gasteiger partial charge in [-0.15, -0.1) is 5.10 Å². The number of aromatic nitrogens is 2. The van der Waals surface area contributed by atoms with Crippen LogP contribution >= 0.6 is 11.5 Å². The van der Waals surface area contributed by atoms with Crippen LogP contribution in [0.5, 0.6) is 0 Å². The van der Waals surface area contributed by atoms with E-state index in [1.807, 2.05) is 0 Å². The lowest BCUT2D eigenvalue weighted by molar-refractivity contribution is 0.0703. The van der Waals surface area contributed by atoms with Crippen molar-refractivity contribution in [2.24, 2.45) is 0 Å². The van der Waals surface area contributed by atoms with E-state index < -0.39 is 5.54 Å². The van der Waals surface area contributed by atoms with Gasteiger partial charge in [0.15, 0.2) is 0 Å². The summed E-state index contributed by atoms with van der Waals surface area (Å²) in [6, 6.07) is 2.05. The molecule has 0 bridgehead atoms. The highest BCUT2D eigenvalue weighted by molar-refractivity contribution is 7.07. The van der Waals surface area contributed by atoms with Crippen molar-refractivity contribution in [1.29, 1.82) is 5.26 Å². The van der Waals surface area contributed by atoms with Gasteiger partial charge in [-0.25, -0.2) is 0 Å². The molecule has 1 heterocycles. The van der Waals surface area contributed by atoms with E-state index in [0.29, 0.717) is 4.88 Å². The molecule has 0 saturated heterocycles. The lowest BCUT2D eigenvalue weighted by Crippen LogP contribution is -2.43. The molecule has 0 aliphatic carbocycles. The van der Waals surface area contributed by atoms with Gasteiger partial charge in [0.25, 0.3) is 5.91 Å². The van der Waals surface area contributed by atoms with E-state index in [9.17, 15) is 4.79 Å².